The summed E-state index contributed by atoms with van der Waals surface area (Å²) in [6, 6.07) is 4.69. The zero-order chi connectivity index (χ0) is 16.8. The van der Waals surface area contributed by atoms with E-state index in [9.17, 15) is 9.18 Å². The standard InChI is InChI=1S/C19H27FN2O2/c20-17-13-15(6-7-18(17)24-16-3-1-2-4-16)22-19(23)8-5-14-9-11-21-12-10-14/h6-7,13-14,16,21H,1-5,8-12H2,(H,22,23). The van der Waals surface area contributed by atoms with Crippen molar-refractivity contribution in [3.05, 3.63) is 24.0 Å². The van der Waals surface area contributed by atoms with Gasteiger partial charge in [0.05, 0.1) is 6.10 Å². The Labute approximate surface area is 143 Å². The van der Waals surface area contributed by atoms with Crippen LogP contribution in [0, 0.1) is 11.7 Å². The Morgan fingerprint density at radius 3 is 2.67 bits per heavy atom. The molecular formula is C19H27FN2O2. The van der Waals surface area contributed by atoms with Crippen LogP contribution in [0.2, 0.25) is 0 Å². The molecule has 24 heavy (non-hydrogen) atoms. The highest BCUT2D eigenvalue weighted by Gasteiger charge is 2.19. The molecule has 0 spiro atoms. The molecule has 1 aliphatic carbocycles. The van der Waals surface area contributed by atoms with Crippen LogP contribution in [0.15, 0.2) is 18.2 Å². The van der Waals surface area contributed by atoms with E-state index in [1.165, 1.54) is 6.07 Å². The molecule has 0 bridgehead atoms. The molecule has 0 atom stereocenters. The van der Waals surface area contributed by atoms with Gasteiger partial charge in [-0.1, -0.05) is 0 Å². The summed E-state index contributed by atoms with van der Waals surface area (Å²) in [7, 11) is 0. The number of ether oxygens (including phenoxy) is 1. The van der Waals surface area contributed by atoms with Crippen molar-refractivity contribution in [3.8, 4) is 5.75 Å². The average Bonchev–Trinajstić information content (AvgIpc) is 3.10. The third-order valence-electron chi connectivity index (χ3n) is 5.05. The van der Waals surface area contributed by atoms with Crippen molar-refractivity contribution in [2.24, 2.45) is 5.92 Å². The van der Waals surface area contributed by atoms with E-state index in [0.29, 0.717) is 18.0 Å². The van der Waals surface area contributed by atoms with E-state index in [1.54, 1.807) is 12.1 Å². The smallest absolute Gasteiger partial charge is 0.224 e. The molecule has 4 nitrogen and oxygen atoms in total. The number of rotatable bonds is 6. The Morgan fingerprint density at radius 1 is 1.21 bits per heavy atom. The number of halogens is 1. The third-order valence-corrected chi connectivity index (χ3v) is 5.05. The highest BCUT2D eigenvalue weighted by molar-refractivity contribution is 5.90. The van der Waals surface area contributed by atoms with Crippen molar-refractivity contribution in [2.45, 2.75) is 57.5 Å². The van der Waals surface area contributed by atoms with Crippen LogP contribution in [0.3, 0.4) is 0 Å². The lowest BCUT2D eigenvalue weighted by atomic mass is 9.93. The van der Waals surface area contributed by atoms with Crippen LogP contribution in [0.5, 0.6) is 5.75 Å². The van der Waals surface area contributed by atoms with E-state index >= 15 is 0 Å². The lowest BCUT2D eigenvalue weighted by molar-refractivity contribution is -0.116. The first-order valence-corrected chi connectivity index (χ1v) is 9.17. The molecule has 1 aromatic rings. The number of benzene rings is 1. The predicted molar refractivity (Wildman–Crippen MR) is 92.7 cm³/mol. The minimum atomic E-state index is -0.405. The van der Waals surface area contributed by atoms with Crippen LogP contribution in [-0.4, -0.2) is 25.1 Å². The van der Waals surface area contributed by atoms with Gasteiger partial charge in [-0.05, 0) is 76.1 Å². The van der Waals surface area contributed by atoms with Crippen LogP contribution >= 0.6 is 0 Å². The van der Waals surface area contributed by atoms with Crippen LogP contribution in [0.1, 0.15) is 51.4 Å². The van der Waals surface area contributed by atoms with Crippen molar-refractivity contribution in [1.82, 2.24) is 5.32 Å². The third kappa shape index (κ3) is 4.94. The Hall–Kier alpha value is -1.62. The molecule has 3 rings (SSSR count). The topological polar surface area (TPSA) is 50.4 Å². The van der Waals surface area contributed by atoms with Crippen molar-refractivity contribution >= 4 is 11.6 Å². The molecule has 1 saturated carbocycles. The fraction of sp³-hybridized carbons (Fsp3) is 0.632. The zero-order valence-electron chi connectivity index (χ0n) is 14.2. The first-order chi connectivity index (χ1) is 11.7. The summed E-state index contributed by atoms with van der Waals surface area (Å²) in [4.78, 5) is 12.0. The fourth-order valence-corrected chi connectivity index (χ4v) is 3.59. The zero-order valence-corrected chi connectivity index (χ0v) is 14.2. The predicted octanol–water partition coefficient (Wildman–Crippen LogP) is 3.87. The van der Waals surface area contributed by atoms with Gasteiger partial charge in [0, 0.05) is 18.2 Å². The SMILES string of the molecule is O=C(CCC1CCNCC1)Nc1ccc(OC2CCCC2)c(F)c1. The summed E-state index contributed by atoms with van der Waals surface area (Å²) in [5.41, 5.74) is 0.501. The summed E-state index contributed by atoms with van der Waals surface area (Å²) in [5.74, 6) is 0.459. The van der Waals surface area contributed by atoms with Gasteiger partial charge in [0.25, 0.3) is 0 Å². The largest absolute Gasteiger partial charge is 0.487 e. The van der Waals surface area contributed by atoms with Gasteiger partial charge in [0.1, 0.15) is 0 Å². The number of nitrogens with one attached hydrogen (secondary N) is 2. The maximum Gasteiger partial charge on any atom is 0.224 e. The number of carbonyl (C=O) groups excluding carboxylic acids is 1. The van der Waals surface area contributed by atoms with E-state index in [0.717, 1.165) is 58.0 Å². The second-order valence-corrected chi connectivity index (χ2v) is 6.95. The van der Waals surface area contributed by atoms with Gasteiger partial charge in [0.2, 0.25) is 5.91 Å². The molecule has 132 valence electrons. The van der Waals surface area contributed by atoms with Crippen molar-refractivity contribution in [3.63, 3.8) is 0 Å². The number of anilines is 1. The quantitative estimate of drug-likeness (QED) is 0.830. The molecule has 1 aromatic carbocycles. The van der Waals surface area contributed by atoms with Gasteiger partial charge in [-0.3, -0.25) is 4.79 Å². The Kier molecular flexibility index (Phi) is 6.07. The molecule has 2 fully saturated rings. The Balaban J connectivity index is 1.47. The fourth-order valence-electron chi connectivity index (χ4n) is 3.59. The number of hydrogen-bond acceptors (Lipinski definition) is 3. The highest BCUT2D eigenvalue weighted by Crippen LogP contribution is 2.27. The second-order valence-electron chi connectivity index (χ2n) is 6.95. The summed E-state index contributed by atoms with van der Waals surface area (Å²) in [5, 5.41) is 6.12. The van der Waals surface area contributed by atoms with Gasteiger partial charge in [-0.2, -0.15) is 0 Å². The van der Waals surface area contributed by atoms with Gasteiger partial charge in [0.15, 0.2) is 11.6 Å². The van der Waals surface area contributed by atoms with Gasteiger partial charge >= 0.3 is 0 Å². The Bertz CT molecular complexity index is 552. The summed E-state index contributed by atoms with van der Waals surface area (Å²) in [6.45, 7) is 2.08. The van der Waals surface area contributed by atoms with Crippen molar-refractivity contribution < 1.29 is 13.9 Å². The molecule has 0 radical (unpaired) electrons. The van der Waals surface area contributed by atoms with Crippen molar-refractivity contribution in [1.29, 1.82) is 0 Å². The number of piperidine rings is 1. The molecule has 0 unspecified atom stereocenters. The molecule has 1 amide bonds. The highest BCUT2D eigenvalue weighted by atomic mass is 19.1. The van der Waals surface area contributed by atoms with Gasteiger partial charge < -0.3 is 15.4 Å². The van der Waals surface area contributed by atoms with E-state index in [2.05, 4.69) is 10.6 Å². The number of hydrogen-bond donors (Lipinski definition) is 2. The molecule has 1 aliphatic heterocycles. The minimum Gasteiger partial charge on any atom is -0.487 e. The second kappa shape index (κ2) is 8.47. The number of carbonyl (C=O) groups is 1. The van der Waals surface area contributed by atoms with Crippen LogP contribution in [-0.2, 0) is 4.79 Å². The van der Waals surface area contributed by atoms with Crippen LogP contribution in [0.4, 0.5) is 10.1 Å². The van der Waals surface area contributed by atoms with E-state index < -0.39 is 5.82 Å². The maximum atomic E-state index is 14.1. The first kappa shape index (κ1) is 17.2. The van der Waals surface area contributed by atoms with E-state index in [4.69, 9.17) is 4.74 Å². The summed E-state index contributed by atoms with van der Waals surface area (Å²) >= 11 is 0. The minimum absolute atomic E-state index is 0.0441. The lowest BCUT2D eigenvalue weighted by Crippen LogP contribution is -2.28. The number of amides is 1. The van der Waals surface area contributed by atoms with Gasteiger partial charge in [-0.25, -0.2) is 4.39 Å². The monoisotopic (exact) mass is 334 g/mol. The normalized spacial score (nSPS) is 19.4. The van der Waals surface area contributed by atoms with Crippen LogP contribution < -0.4 is 15.4 Å². The van der Waals surface area contributed by atoms with Crippen LogP contribution in [0.25, 0.3) is 0 Å². The molecule has 1 saturated heterocycles. The van der Waals surface area contributed by atoms with E-state index in [-0.39, 0.29) is 17.8 Å². The molecule has 1 heterocycles. The first-order valence-electron chi connectivity index (χ1n) is 9.17. The molecule has 0 aromatic heterocycles. The maximum absolute atomic E-state index is 14.1. The lowest BCUT2D eigenvalue weighted by Gasteiger charge is -2.22. The molecule has 2 N–H and O–H groups in total. The molecule has 5 heteroatoms. The Morgan fingerprint density at radius 2 is 1.96 bits per heavy atom. The van der Waals surface area contributed by atoms with Gasteiger partial charge in [-0.15, -0.1) is 0 Å². The summed E-state index contributed by atoms with van der Waals surface area (Å²) < 4.78 is 19.8. The van der Waals surface area contributed by atoms with E-state index in [1.807, 2.05) is 0 Å². The summed E-state index contributed by atoms with van der Waals surface area (Å²) in [6.07, 6.45) is 8.08. The molecular weight excluding hydrogens is 307 g/mol. The molecule has 2 aliphatic rings. The van der Waals surface area contributed by atoms with Crippen molar-refractivity contribution in [2.75, 3.05) is 18.4 Å². The average molecular weight is 334 g/mol.